The lowest BCUT2D eigenvalue weighted by Crippen LogP contribution is -2.27. The predicted molar refractivity (Wildman–Crippen MR) is 45.4 cm³/mol. The van der Waals surface area contributed by atoms with Gasteiger partial charge in [-0.2, -0.15) is 0 Å². The van der Waals surface area contributed by atoms with Crippen molar-refractivity contribution >= 4 is 31.9 Å². The second kappa shape index (κ2) is 1.95. The lowest BCUT2D eigenvalue weighted by atomic mass is 10.2. The first kappa shape index (κ1) is 6.62. The van der Waals surface area contributed by atoms with E-state index in [-0.39, 0.29) is 0 Å². The van der Waals surface area contributed by atoms with Crippen LogP contribution in [-0.4, -0.2) is 21.7 Å². The van der Waals surface area contributed by atoms with Crippen molar-refractivity contribution in [3.63, 3.8) is 0 Å². The molecule has 0 aromatic carbocycles. The van der Waals surface area contributed by atoms with Crippen LogP contribution in [0.25, 0.3) is 0 Å². The molecule has 1 aliphatic carbocycles. The van der Waals surface area contributed by atoms with Gasteiger partial charge in [-0.3, -0.25) is 0 Å². The normalized spacial score (nSPS) is 56.7. The minimum absolute atomic E-state index is 0.444. The minimum Gasteiger partial charge on any atom is -0.309 e. The smallest absolute Gasteiger partial charge is 0.0482 e. The van der Waals surface area contributed by atoms with Crippen molar-refractivity contribution in [2.45, 2.75) is 28.0 Å². The molecule has 1 saturated heterocycles. The molecule has 52 valence electrons. The van der Waals surface area contributed by atoms with Gasteiger partial charge < -0.3 is 5.32 Å². The first-order valence-electron chi connectivity index (χ1n) is 3.30. The van der Waals surface area contributed by atoms with E-state index < -0.39 is 0 Å². The summed E-state index contributed by atoms with van der Waals surface area (Å²) in [6.07, 6.45) is 2.67. The molecular formula is C6H9Br2N. The number of hydrogen-bond acceptors (Lipinski definition) is 1. The van der Waals surface area contributed by atoms with Gasteiger partial charge in [-0.15, -0.1) is 0 Å². The second-order valence-corrected chi connectivity index (χ2v) is 4.85. The zero-order valence-corrected chi connectivity index (χ0v) is 8.20. The van der Waals surface area contributed by atoms with Gasteiger partial charge in [0.25, 0.3) is 0 Å². The van der Waals surface area contributed by atoms with Crippen LogP contribution in [0.1, 0.15) is 12.8 Å². The summed E-state index contributed by atoms with van der Waals surface area (Å²) in [6.45, 7) is 1.20. The molecule has 1 saturated carbocycles. The van der Waals surface area contributed by atoms with Crippen molar-refractivity contribution < 1.29 is 0 Å². The summed E-state index contributed by atoms with van der Waals surface area (Å²) >= 11 is 7.24. The van der Waals surface area contributed by atoms with E-state index in [9.17, 15) is 0 Å². The highest BCUT2D eigenvalue weighted by Gasteiger charge is 2.63. The molecule has 2 fully saturated rings. The Morgan fingerprint density at radius 2 is 2.00 bits per heavy atom. The second-order valence-electron chi connectivity index (χ2n) is 2.87. The van der Waals surface area contributed by atoms with E-state index in [1.54, 1.807) is 0 Å². The first-order valence-corrected chi connectivity index (χ1v) is 5.14. The number of alkyl halides is 2. The van der Waals surface area contributed by atoms with E-state index in [0.29, 0.717) is 15.2 Å². The Morgan fingerprint density at radius 3 is 2.22 bits per heavy atom. The monoisotopic (exact) mass is 253 g/mol. The average molecular weight is 255 g/mol. The zero-order chi connectivity index (χ0) is 6.48. The van der Waals surface area contributed by atoms with Crippen LogP contribution in [0.3, 0.4) is 0 Å². The van der Waals surface area contributed by atoms with Gasteiger partial charge in [-0.1, -0.05) is 31.9 Å². The van der Waals surface area contributed by atoms with E-state index >= 15 is 0 Å². The summed E-state index contributed by atoms with van der Waals surface area (Å²) < 4.78 is 0. The third-order valence-electron chi connectivity index (χ3n) is 2.35. The highest BCUT2D eigenvalue weighted by atomic mass is 79.9. The summed E-state index contributed by atoms with van der Waals surface area (Å²) in [7, 11) is 0. The fourth-order valence-corrected chi connectivity index (χ4v) is 3.95. The van der Waals surface area contributed by atoms with Crippen LogP contribution in [-0.2, 0) is 0 Å². The topological polar surface area (TPSA) is 12.0 Å². The van der Waals surface area contributed by atoms with Gasteiger partial charge in [-0.05, 0) is 19.4 Å². The van der Waals surface area contributed by atoms with Crippen LogP contribution in [0.5, 0.6) is 0 Å². The van der Waals surface area contributed by atoms with Gasteiger partial charge in [0.1, 0.15) is 0 Å². The van der Waals surface area contributed by atoms with Crippen LogP contribution in [0.4, 0.5) is 0 Å². The molecule has 2 rings (SSSR count). The Kier molecular flexibility index (Phi) is 1.44. The molecule has 0 bridgehead atoms. The minimum atomic E-state index is 0.444. The maximum atomic E-state index is 3.62. The van der Waals surface area contributed by atoms with Crippen LogP contribution >= 0.6 is 31.9 Å². The molecule has 1 spiro atoms. The third kappa shape index (κ3) is 0.747. The fraction of sp³-hybridized carbons (Fsp3) is 1.00. The summed E-state index contributed by atoms with van der Waals surface area (Å²) in [5.41, 5.74) is 0.444. The van der Waals surface area contributed by atoms with Gasteiger partial charge in [0.15, 0.2) is 0 Å². The summed E-state index contributed by atoms with van der Waals surface area (Å²) in [6, 6.07) is 0. The molecule has 2 aliphatic rings. The van der Waals surface area contributed by atoms with Crippen molar-refractivity contribution in [1.82, 2.24) is 5.32 Å². The van der Waals surface area contributed by atoms with Crippen molar-refractivity contribution in [2.75, 3.05) is 6.54 Å². The molecule has 0 aromatic rings. The van der Waals surface area contributed by atoms with Gasteiger partial charge in [0.2, 0.25) is 0 Å². The fourth-order valence-electron chi connectivity index (χ4n) is 1.61. The zero-order valence-electron chi connectivity index (χ0n) is 5.03. The van der Waals surface area contributed by atoms with Crippen LogP contribution in [0.2, 0.25) is 0 Å². The molecule has 9 heavy (non-hydrogen) atoms. The number of hydrogen-bond donors (Lipinski definition) is 1. The average Bonchev–Trinajstić information content (AvgIpc) is 2.44. The van der Waals surface area contributed by atoms with Gasteiger partial charge in [0, 0.05) is 15.2 Å². The van der Waals surface area contributed by atoms with E-state index in [4.69, 9.17) is 0 Å². The van der Waals surface area contributed by atoms with Gasteiger partial charge in [-0.25, -0.2) is 0 Å². The lowest BCUT2D eigenvalue weighted by molar-refractivity contribution is 0.611. The summed E-state index contributed by atoms with van der Waals surface area (Å²) in [5, 5.41) is 3.51. The first-order chi connectivity index (χ1) is 4.27. The molecule has 1 N–H and O–H groups in total. The van der Waals surface area contributed by atoms with Gasteiger partial charge >= 0.3 is 0 Å². The van der Waals surface area contributed by atoms with E-state index in [2.05, 4.69) is 37.2 Å². The van der Waals surface area contributed by atoms with Crippen LogP contribution in [0.15, 0.2) is 0 Å². The predicted octanol–water partition coefficient (Wildman–Crippen LogP) is 1.65. The molecule has 2 unspecified atom stereocenters. The highest BCUT2D eigenvalue weighted by molar-refractivity contribution is 9.13. The molecule has 3 heteroatoms. The van der Waals surface area contributed by atoms with Gasteiger partial charge in [0.05, 0.1) is 0 Å². The van der Waals surface area contributed by atoms with Crippen molar-refractivity contribution in [3.8, 4) is 0 Å². The summed E-state index contributed by atoms with van der Waals surface area (Å²) in [4.78, 5) is 1.35. The van der Waals surface area contributed by atoms with E-state index in [0.717, 1.165) is 0 Å². The number of nitrogens with one attached hydrogen (secondary N) is 1. The maximum Gasteiger partial charge on any atom is 0.0482 e. The quantitative estimate of drug-likeness (QED) is 0.649. The largest absolute Gasteiger partial charge is 0.309 e. The summed E-state index contributed by atoms with van der Waals surface area (Å²) in [5.74, 6) is 0. The SMILES string of the molecule is BrC1C(Br)C12CCCN2. The van der Waals surface area contributed by atoms with Crippen molar-refractivity contribution in [2.24, 2.45) is 0 Å². The number of halogens is 2. The Bertz CT molecular complexity index is 121. The molecule has 2 atom stereocenters. The third-order valence-corrected chi connectivity index (χ3v) is 5.75. The van der Waals surface area contributed by atoms with Crippen LogP contribution < -0.4 is 5.32 Å². The Hall–Kier alpha value is 0.920. The van der Waals surface area contributed by atoms with E-state index in [1.165, 1.54) is 19.4 Å². The molecule has 0 aromatic heterocycles. The maximum absolute atomic E-state index is 3.62. The van der Waals surface area contributed by atoms with E-state index in [1.807, 2.05) is 0 Å². The molecule has 0 amide bonds. The Labute approximate surface area is 71.8 Å². The highest BCUT2D eigenvalue weighted by Crippen LogP contribution is 2.53. The number of rotatable bonds is 0. The Morgan fingerprint density at radius 1 is 1.33 bits per heavy atom. The van der Waals surface area contributed by atoms with Crippen molar-refractivity contribution in [3.05, 3.63) is 0 Å². The standard InChI is InChI=1S/C6H9Br2N/c7-4-5(8)6(4)2-1-3-9-6/h4-5,9H,1-3H2. The molecule has 1 aliphatic heterocycles. The lowest BCUT2D eigenvalue weighted by Gasteiger charge is -2.04. The molecular weight excluding hydrogens is 246 g/mol. The Balaban J connectivity index is 2.11. The molecule has 1 heterocycles. The molecule has 0 radical (unpaired) electrons. The molecule has 1 nitrogen and oxygen atoms in total. The van der Waals surface area contributed by atoms with Crippen molar-refractivity contribution in [1.29, 1.82) is 0 Å². The van der Waals surface area contributed by atoms with Crippen LogP contribution in [0, 0.1) is 0 Å².